The van der Waals surface area contributed by atoms with Gasteiger partial charge >= 0.3 is 11.9 Å². The number of rotatable bonds is 10. The molecule has 0 aliphatic heterocycles. The monoisotopic (exact) mass is 465 g/mol. The van der Waals surface area contributed by atoms with Crippen molar-refractivity contribution >= 4 is 23.5 Å². The number of esters is 2. The summed E-state index contributed by atoms with van der Waals surface area (Å²) in [4.78, 5) is 45.3. The molecule has 0 saturated heterocycles. The van der Waals surface area contributed by atoms with Crippen LogP contribution in [0.15, 0.2) is 71.3 Å². The van der Waals surface area contributed by atoms with E-state index in [9.17, 15) is 19.2 Å². The first-order valence-electron chi connectivity index (χ1n) is 10.8. The minimum atomic E-state index is -0.585. The minimum Gasteiger partial charge on any atom is -0.466 e. The molecule has 1 aromatic heterocycles. The summed E-state index contributed by atoms with van der Waals surface area (Å²) in [5.41, 5.74) is 2.00. The third-order valence-electron chi connectivity index (χ3n) is 4.35. The second kappa shape index (κ2) is 14.2. The maximum atomic E-state index is 11.6. The molecule has 8 heteroatoms. The van der Waals surface area contributed by atoms with Crippen molar-refractivity contribution in [3.8, 4) is 11.3 Å². The molecule has 0 aliphatic carbocycles. The number of carbonyl (C=O) groups is 4. The first-order valence-corrected chi connectivity index (χ1v) is 10.8. The van der Waals surface area contributed by atoms with Gasteiger partial charge in [-0.05, 0) is 13.8 Å². The third kappa shape index (κ3) is 9.20. The van der Waals surface area contributed by atoms with Crippen molar-refractivity contribution < 1.29 is 33.2 Å². The SMILES string of the molecule is CCOC(=O)CC(=O)CC(=O)c1ccccc1.CCOC(=O)Cc1cc(-c2ccccc2)on1. The summed E-state index contributed by atoms with van der Waals surface area (Å²) in [6, 6.07) is 19.9. The van der Waals surface area contributed by atoms with Crippen molar-refractivity contribution in [3.05, 3.63) is 78.0 Å². The van der Waals surface area contributed by atoms with E-state index in [1.165, 1.54) is 0 Å². The van der Waals surface area contributed by atoms with Crippen LogP contribution in [0.5, 0.6) is 0 Å². The number of ketones is 2. The molecule has 0 amide bonds. The fraction of sp³-hybridized carbons (Fsp3) is 0.269. The number of aromatic nitrogens is 1. The Hall–Kier alpha value is -4.07. The fourth-order valence-corrected chi connectivity index (χ4v) is 2.83. The molecule has 178 valence electrons. The molecular weight excluding hydrogens is 438 g/mol. The summed E-state index contributed by atoms with van der Waals surface area (Å²) in [6.45, 7) is 4.05. The Bertz CT molecular complexity index is 1070. The molecule has 0 saturated carbocycles. The molecule has 1 heterocycles. The minimum absolute atomic E-state index is 0.143. The van der Waals surface area contributed by atoms with Crippen molar-refractivity contribution in [2.75, 3.05) is 13.2 Å². The zero-order valence-corrected chi connectivity index (χ0v) is 19.2. The zero-order chi connectivity index (χ0) is 24.8. The predicted octanol–water partition coefficient (Wildman–Crippen LogP) is 4.23. The van der Waals surface area contributed by atoms with Gasteiger partial charge in [-0.25, -0.2) is 0 Å². The Balaban J connectivity index is 0.000000240. The standard InChI is InChI=1S/C13H13NO3.C13H14O4/c1-2-16-13(15)9-11-8-12(17-14-11)10-6-4-3-5-7-10;1-2-17-13(16)9-11(14)8-12(15)10-6-4-3-5-7-10/h3-8H,2,9H2,1H3;3-7H,2,8-9H2,1H3. The van der Waals surface area contributed by atoms with Crippen LogP contribution in [0.25, 0.3) is 11.3 Å². The van der Waals surface area contributed by atoms with Gasteiger partial charge in [-0.15, -0.1) is 0 Å². The lowest BCUT2D eigenvalue weighted by molar-refractivity contribution is -0.145. The van der Waals surface area contributed by atoms with E-state index in [1.807, 2.05) is 30.3 Å². The second-order valence-corrected chi connectivity index (χ2v) is 7.02. The molecule has 0 aliphatic rings. The molecule has 2 aromatic carbocycles. The Labute approximate surface area is 197 Å². The average molecular weight is 466 g/mol. The van der Waals surface area contributed by atoms with Crippen molar-refractivity contribution in [2.45, 2.75) is 33.1 Å². The van der Waals surface area contributed by atoms with Gasteiger partial charge in [0.15, 0.2) is 17.3 Å². The highest BCUT2D eigenvalue weighted by Gasteiger charge is 2.15. The molecule has 0 bridgehead atoms. The summed E-state index contributed by atoms with van der Waals surface area (Å²) in [5.74, 6) is -0.916. The van der Waals surface area contributed by atoms with Gasteiger partial charge in [-0.2, -0.15) is 0 Å². The lowest BCUT2D eigenvalue weighted by Crippen LogP contribution is -2.14. The molecule has 0 radical (unpaired) electrons. The van der Waals surface area contributed by atoms with E-state index in [0.717, 1.165) is 5.56 Å². The first kappa shape index (κ1) is 26.2. The topological polar surface area (TPSA) is 113 Å². The summed E-state index contributed by atoms with van der Waals surface area (Å²) in [6.07, 6.45) is -0.459. The van der Waals surface area contributed by atoms with Crippen molar-refractivity contribution in [1.82, 2.24) is 5.16 Å². The number of hydrogen-bond acceptors (Lipinski definition) is 8. The number of carbonyl (C=O) groups excluding carboxylic acids is 4. The Morgan fingerprint density at radius 3 is 2.00 bits per heavy atom. The van der Waals surface area contributed by atoms with E-state index in [-0.39, 0.29) is 37.6 Å². The van der Waals surface area contributed by atoms with Crippen LogP contribution >= 0.6 is 0 Å². The van der Waals surface area contributed by atoms with E-state index < -0.39 is 11.8 Å². The second-order valence-electron chi connectivity index (χ2n) is 7.02. The summed E-state index contributed by atoms with van der Waals surface area (Å²) >= 11 is 0. The lowest BCUT2D eigenvalue weighted by atomic mass is 10.0. The van der Waals surface area contributed by atoms with Crippen LogP contribution in [0.4, 0.5) is 0 Å². The Morgan fingerprint density at radius 1 is 0.794 bits per heavy atom. The van der Waals surface area contributed by atoms with Gasteiger partial charge in [-0.1, -0.05) is 65.8 Å². The predicted molar refractivity (Wildman–Crippen MR) is 124 cm³/mol. The summed E-state index contributed by atoms with van der Waals surface area (Å²) < 4.78 is 14.6. The molecule has 0 atom stereocenters. The quantitative estimate of drug-likeness (QED) is 0.248. The molecule has 0 N–H and O–H groups in total. The van der Waals surface area contributed by atoms with Gasteiger partial charge in [0, 0.05) is 17.2 Å². The van der Waals surface area contributed by atoms with Gasteiger partial charge in [-0.3, -0.25) is 19.2 Å². The van der Waals surface area contributed by atoms with Crippen LogP contribution in [0, 0.1) is 0 Å². The van der Waals surface area contributed by atoms with Crippen LogP contribution in [-0.2, 0) is 30.3 Å². The van der Waals surface area contributed by atoms with E-state index >= 15 is 0 Å². The van der Waals surface area contributed by atoms with Crippen LogP contribution < -0.4 is 0 Å². The lowest BCUT2D eigenvalue weighted by Gasteiger charge is -2.01. The van der Waals surface area contributed by atoms with Crippen molar-refractivity contribution in [3.63, 3.8) is 0 Å². The van der Waals surface area contributed by atoms with Gasteiger partial charge in [0.25, 0.3) is 0 Å². The number of benzene rings is 2. The van der Waals surface area contributed by atoms with E-state index in [2.05, 4.69) is 9.89 Å². The molecule has 8 nitrogen and oxygen atoms in total. The van der Waals surface area contributed by atoms with E-state index in [0.29, 0.717) is 23.6 Å². The maximum absolute atomic E-state index is 11.6. The molecule has 0 spiro atoms. The Kier molecular flexibility index (Phi) is 10.9. The largest absolute Gasteiger partial charge is 0.466 e. The number of ether oxygens (including phenoxy) is 2. The van der Waals surface area contributed by atoms with Crippen molar-refractivity contribution in [1.29, 1.82) is 0 Å². The van der Waals surface area contributed by atoms with Gasteiger partial charge in [0.05, 0.1) is 31.7 Å². The fourth-order valence-electron chi connectivity index (χ4n) is 2.83. The number of hydrogen-bond donors (Lipinski definition) is 0. The number of Topliss-reactive ketones (excluding diaryl/α,β-unsaturated/α-hetero) is 2. The smallest absolute Gasteiger partial charge is 0.313 e. The summed E-state index contributed by atoms with van der Waals surface area (Å²) in [7, 11) is 0. The third-order valence-corrected chi connectivity index (χ3v) is 4.35. The normalized spacial score (nSPS) is 9.94. The van der Waals surface area contributed by atoms with E-state index in [1.54, 1.807) is 50.2 Å². The molecule has 3 rings (SSSR count). The highest BCUT2D eigenvalue weighted by Crippen LogP contribution is 2.19. The molecule has 3 aromatic rings. The molecular formula is C26H27NO7. The van der Waals surface area contributed by atoms with Crippen molar-refractivity contribution in [2.24, 2.45) is 0 Å². The van der Waals surface area contributed by atoms with Crippen LogP contribution in [0.3, 0.4) is 0 Å². The van der Waals surface area contributed by atoms with Crippen LogP contribution in [0.2, 0.25) is 0 Å². The first-order chi connectivity index (χ1) is 16.4. The van der Waals surface area contributed by atoms with Gasteiger partial charge < -0.3 is 14.0 Å². The average Bonchev–Trinajstić information content (AvgIpc) is 3.29. The van der Waals surface area contributed by atoms with Gasteiger partial charge in [0.1, 0.15) is 6.42 Å². The number of nitrogens with zero attached hydrogens (tertiary/aromatic N) is 1. The van der Waals surface area contributed by atoms with Gasteiger partial charge in [0.2, 0.25) is 0 Å². The van der Waals surface area contributed by atoms with Crippen LogP contribution in [-0.4, -0.2) is 41.9 Å². The molecule has 0 unspecified atom stereocenters. The van der Waals surface area contributed by atoms with E-state index in [4.69, 9.17) is 9.26 Å². The Morgan fingerprint density at radius 2 is 1.38 bits per heavy atom. The molecule has 34 heavy (non-hydrogen) atoms. The van der Waals surface area contributed by atoms with Crippen LogP contribution in [0.1, 0.15) is 42.7 Å². The zero-order valence-electron chi connectivity index (χ0n) is 19.2. The highest BCUT2D eigenvalue weighted by molar-refractivity contribution is 6.11. The molecule has 0 fully saturated rings. The highest BCUT2D eigenvalue weighted by atomic mass is 16.5. The summed E-state index contributed by atoms with van der Waals surface area (Å²) in [5, 5.41) is 3.84. The maximum Gasteiger partial charge on any atom is 0.313 e.